The van der Waals surface area contributed by atoms with Crippen LogP contribution in [0.1, 0.15) is 52.9 Å². The molecule has 3 nitrogen and oxygen atoms in total. The minimum Gasteiger partial charge on any atom is -0.306 e. The summed E-state index contributed by atoms with van der Waals surface area (Å²) in [6.07, 6.45) is 6.49. The standard InChI is InChI=1S/C17H39N3/c1-8-9-13-19(6)14-10-11-15-20(7)16-12-17(2,3)18(4)5/h8-16H2,1-7H3. The zero-order chi connectivity index (χ0) is 15.6. The maximum Gasteiger partial charge on any atom is 0.0159 e. The zero-order valence-corrected chi connectivity index (χ0v) is 15.2. The summed E-state index contributed by atoms with van der Waals surface area (Å²) in [7, 11) is 8.85. The third-order valence-electron chi connectivity index (χ3n) is 4.54. The molecule has 0 N–H and O–H groups in total. The maximum atomic E-state index is 2.48. The first-order chi connectivity index (χ1) is 9.29. The van der Waals surface area contributed by atoms with Gasteiger partial charge in [0.15, 0.2) is 0 Å². The van der Waals surface area contributed by atoms with Crippen molar-refractivity contribution in [2.45, 2.75) is 58.4 Å². The highest BCUT2D eigenvalue weighted by Crippen LogP contribution is 2.15. The van der Waals surface area contributed by atoms with Crippen molar-refractivity contribution in [2.75, 3.05) is 54.4 Å². The summed E-state index contributed by atoms with van der Waals surface area (Å²) in [5.41, 5.74) is 0.300. The van der Waals surface area contributed by atoms with E-state index >= 15 is 0 Å². The predicted molar refractivity (Wildman–Crippen MR) is 91.5 cm³/mol. The Labute approximate surface area is 128 Å². The molecular weight excluding hydrogens is 246 g/mol. The van der Waals surface area contributed by atoms with Gasteiger partial charge in [-0.15, -0.1) is 0 Å². The van der Waals surface area contributed by atoms with Crippen LogP contribution in [0, 0.1) is 0 Å². The predicted octanol–water partition coefficient (Wildman–Crippen LogP) is 3.16. The fourth-order valence-electron chi connectivity index (χ4n) is 2.10. The second-order valence-corrected chi connectivity index (χ2v) is 7.12. The van der Waals surface area contributed by atoms with Gasteiger partial charge in [-0.3, -0.25) is 0 Å². The Hall–Kier alpha value is -0.120. The second kappa shape index (κ2) is 10.6. The summed E-state index contributed by atoms with van der Waals surface area (Å²) >= 11 is 0. The van der Waals surface area contributed by atoms with Gasteiger partial charge in [-0.1, -0.05) is 13.3 Å². The molecular formula is C17H39N3. The fraction of sp³-hybridized carbons (Fsp3) is 1.00. The SMILES string of the molecule is CCCCN(C)CCCCN(C)CCC(C)(C)N(C)C. The van der Waals surface area contributed by atoms with E-state index < -0.39 is 0 Å². The van der Waals surface area contributed by atoms with Gasteiger partial charge >= 0.3 is 0 Å². The van der Waals surface area contributed by atoms with Crippen molar-refractivity contribution >= 4 is 0 Å². The van der Waals surface area contributed by atoms with Crippen molar-refractivity contribution < 1.29 is 0 Å². The zero-order valence-electron chi connectivity index (χ0n) is 15.2. The molecule has 0 radical (unpaired) electrons. The lowest BCUT2D eigenvalue weighted by molar-refractivity contribution is 0.158. The first kappa shape index (κ1) is 19.9. The van der Waals surface area contributed by atoms with Crippen LogP contribution in [0.15, 0.2) is 0 Å². The molecule has 0 saturated carbocycles. The van der Waals surface area contributed by atoms with E-state index in [0.29, 0.717) is 5.54 Å². The van der Waals surface area contributed by atoms with Crippen LogP contribution in [-0.4, -0.2) is 74.6 Å². The number of hydrogen-bond donors (Lipinski definition) is 0. The van der Waals surface area contributed by atoms with E-state index in [9.17, 15) is 0 Å². The van der Waals surface area contributed by atoms with E-state index in [0.717, 1.165) is 0 Å². The monoisotopic (exact) mass is 285 g/mol. The second-order valence-electron chi connectivity index (χ2n) is 7.12. The van der Waals surface area contributed by atoms with Gasteiger partial charge in [0, 0.05) is 5.54 Å². The Kier molecular flexibility index (Phi) is 10.5. The van der Waals surface area contributed by atoms with Gasteiger partial charge in [0.25, 0.3) is 0 Å². The lowest BCUT2D eigenvalue weighted by atomic mass is 9.99. The van der Waals surface area contributed by atoms with E-state index in [2.05, 4.69) is 63.7 Å². The lowest BCUT2D eigenvalue weighted by Crippen LogP contribution is -2.41. The summed E-state index contributed by atoms with van der Waals surface area (Å²) < 4.78 is 0. The van der Waals surface area contributed by atoms with E-state index in [1.807, 2.05) is 0 Å². The van der Waals surface area contributed by atoms with Crippen molar-refractivity contribution in [3.8, 4) is 0 Å². The van der Waals surface area contributed by atoms with Gasteiger partial charge < -0.3 is 14.7 Å². The Morgan fingerprint density at radius 2 is 1.15 bits per heavy atom. The maximum absolute atomic E-state index is 2.48. The van der Waals surface area contributed by atoms with E-state index in [1.165, 1.54) is 58.3 Å². The Morgan fingerprint density at radius 3 is 1.60 bits per heavy atom. The minimum absolute atomic E-state index is 0.300. The molecule has 122 valence electrons. The first-order valence-electron chi connectivity index (χ1n) is 8.34. The third-order valence-corrected chi connectivity index (χ3v) is 4.54. The summed E-state index contributed by atoms with van der Waals surface area (Å²) in [6.45, 7) is 11.8. The van der Waals surface area contributed by atoms with E-state index in [-0.39, 0.29) is 0 Å². The molecule has 0 aliphatic carbocycles. The van der Waals surface area contributed by atoms with Gasteiger partial charge in [0.1, 0.15) is 0 Å². The molecule has 0 aromatic rings. The molecule has 0 aromatic heterocycles. The van der Waals surface area contributed by atoms with Crippen LogP contribution in [-0.2, 0) is 0 Å². The smallest absolute Gasteiger partial charge is 0.0159 e. The van der Waals surface area contributed by atoms with Crippen molar-refractivity contribution in [1.29, 1.82) is 0 Å². The molecule has 0 rings (SSSR count). The number of unbranched alkanes of at least 4 members (excludes halogenated alkanes) is 2. The third kappa shape index (κ3) is 9.73. The summed E-state index contributed by atoms with van der Waals surface area (Å²) in [5, 5.41) is 0. The Balaban J connectivity index is 3.61. The van der Waals surface area contributed by atoms with Crippen molar-refractivity contribution in [2.24, 2.45) is 0 Å². The number of rotatable bonds is 12. The molecule has 0 aromatic carbocycles. The lowest BCUT2D eigenvalue weighted by Gasteiger charge is -2.34. The molecule has 3 heteroatoms. The van der Waals surface area contributed by atoms with Crippen LogP contribution in [0.3, 0.4) is 0 Å². The highest BCUT2D eigenvalue weighted by atomic mass is 15.1. The van der Waals surface area contributed by atoms with Crippen molar-refractivity contribution in [3.63, 3.8) is 0 Å². The Bertz CT molecular complexity index is 226. The summed E-state index contributed by atoms with van der Waals surface area (Å²) in [5.74, 6) is 0. The molecule has 0 fully saturated rings. The largest absolute Gasteiger partial charge is 0.306 e. The van der Waals surface area contributed by atoms with Gasteiger partial charge in [-0.2, -0.15) is 0 Å². The topological polar surface area (TPSA) is 9.72 Å². The van der Waals surface area contributed by atoms with Crippen LogP contribution in [0.5, 0.6) is 0 Å². The molecule has 0 aliphatic rings. The highest BCUT2D eigenvalue weighted by Gasteiger charge is 2.20. The van der Waals surface area contributed by atoms with Crippen LogP contribution in [0.4, 0.5) is 0 Å². The van der Waals surface area contributed by atoms with Gasteiger partial charge in [-0.25, -0.2) is 0 Å². The number of nitrogens with zero attached hydrogens (tertiary/aromatic N) is 3. The molecule has 0 bridgehead atoms. The average molecular weight is 286 g/mol. The van der Waals surface area contributed by atoms with Gasteiger partial charge in [0.05, 0.1) is 0 Å². The normalized spacial score (nSPS) is 12.9. The van der Waals surface area contributed by atoms with Crippen LogP contribution < -0.4 is 0 Å². The highest BCUT2D eigenvalue weighted by molar-refractivity contribution is 4.77. The molecule has 0 unspecified atom stereocenters. The molecule has 0 aliphatic heterocycles. The molecule has 0 atom stereocenters. The van der Waals surface area contributed by atoms with E-state index in [1.54, 1.807) is 0 Å². The van der Waals surface area contributed by atoms with Crippen molar-refractivity contribution in [3.05, 3.63) is 0 Å². The molecule has 0 heterocycles. The molecule has 0 amide bonds. The Morgan fingerprint density at radius 1 is 0.700 bits per heavy atom. The van der Waals surface area contributed by atoms with Gasteiger partial charge in [-0.05, 0) is 93.9 Å². The first-order valence-corrected chi connectivity index (χ1v) is 8.34. The van der Waals surface area contributed by atoms with Crippen LogP contribution in [0.25, 0.3) is 0 Å². The fourth-order valence-corrected chi connectivity index (χ4v) is 2.10. The number of hydrogen-bond acceptors (Lipinski definition) is 3. The average Bonchev–Trinajstić information content (AvgIpc) is 2.39. The molecule has 0 saturated heterocycles. The summed E-state index contributed by atoms with van der Waals surface area (Å²) in [4.78, 5) is 7.28. The van der Waals surface area contributed by atoms with Crippen molar-refractivity contribution in [1.82, 2.24) is 14.7 Å². The molecule has 0 spiro atoms. The quantitative estimate of drug-likeness (QED) is 0.510. The molecule has 20 heavy (non-hydrogen) atoms. The van der Waals surface area contributed by atoms with E-state index in [4.69, 9.17) is 0 Å². The minimum atomic E-state index is 0.300. The van der Waals surface area contributed by atoms with Crippen LogP contribution >= 0.6 is 0 Å². The van der Waals surface area contributed by atoms with Gasteiger partial charge in [0.2, 0.25) is 0 Å². The van der Waals surface area contributed by atoms with Crippen LogP contribution in [0.2, 0.25) is 0 Å². The summed E-state index contributed by atoms with van der Waals surface area (Å²) in [6, 6.07) is 0.